The molecular formula is C15H13ClFN5O. The number of fused-ring (bicyclic) bond motifs is 1. The second-order valence-corrected chi connectivity index (χ2v) is 5.47. The van der Waals surface area contributed by atoms with Crippen LogP contribution in [-0.4, -0.2) is 14.5 Å². The molecule has 0 amide bonds. The van der Waals surface area contributed by atoms with Gasteiger partial charge in [0.05, 0.1) is 33.9 Å². The average Bonchev–Trinajstić information content (AvgIpc) is 2.51. The molecule has 6 nitrogen and oxygen atoms in total. The molecule has 1 aromatic carbocycles. The molecule has 3 rings (SSSR count). The van der Waals surface area contributed by atoms with E-state index in [2.05, 4.69) is 9.97 Å². The van der Waals surface area contributed by atoms with Crippen molar-refractivity contribution in [3.8, 4) is 5.69 Å². The largest absolute Gasteiger partial charge is 0.384 e. The minimum atomic E-state index is -0.686. The third kappa shape index (κ3) is 2.54. The van der Waals surface area contributed by atoms with Crippen LogP contribution >= 0.6 is 11.6 Å². The predicted molar refractivity (Wildman–Crippen MR) is 87.1 cm³/mol. The van der Waals surface area contributed by atoms with Crippen molar-refractivity contribution < 1.29 is 4.39 Å². The van der Waals surface area contributed by atoms with Crippen molar-refractivity contribution in [2.24, 2.45) is 5.73 Å². The highest BCUT2D eigenvalue weighted by Gasteiger charge is 2.19. The lowest BCUT2D eigenvalue weighted by atomic mass is 10.2. The molecule has 118 valence electrons. The fourth-order valence-corrected chi connectivity index (χ4v) is 2.55. The maximum absolute atomic E-state index is 13.7. The lowest BCUT2D eigenvalue weighted by molar-refractivity contribution is 0.629. The van der Waals surface area contributed by atoms with E-state index >= 15 is 0 Å². The predicted octanol–water partition coefficient (Wildman–Crippen LogP) is 2.18. The number of halogens is 2. The second kappa shape index (κ2) is 5.60. The van der Waals surface area contributed by atoms with Crippen molar-refractivity contribution in [2.75, 3.05) is 5.73 Å². The van der Waals surface area contributed by atoms with Gasteiger partial charge in [-0.25, -0.2) is 14.4 Å². The molecule has 0 spiro atoms. The van der Waals surface area contributed by atoms with Gasteiger partial charge in [0, 0.05) is 0 Å². The molecule has 0 unspecified atom stereocenters. The number of nitrogens with zero attached hydrogens (tertiary/aromatic N) is 3. The molecule has 23 heavy (non-hydrogen) atoms. The van der Waals surface area contributed by atoms with Crippen molar-refractivity contribution in [3.63, 3.8) is 0 Å². The Morgan fingerprint density at radius 2 is 2.04 bits per heavy atom. The fourth-order valence-electron chi connectivity index (χ4n) is 2.31. The van der Waals surface area contributed by atoms with Crippen LogP contribution in [0.25, 0.3) is 16.6 Å². The quantitative estimate of drug-likeness (QED) is 0.748. The number of hydrogen-bond donors (Lipinski definition) is 2. The highest BCUT2D eigenvalue weighted by Crippen LogP contribution is 2.24. The fraction of sp³-hybridized carbons (Fsp3) is 0.133. The first-order valence-corrected chi connectivity index (χ1v) is 7.16. The van der Waals surface area contributed by atoms with Crippen LogP contribution in [0, 0.1) is 5.82 Å². The average molecular weight is 334 g/mol. The van der Waals surface area contributed by atoms with E-state index in [-0.39, 0.29) is 15.9 Å². The number of pyridine rings is 1. The van der Waals surface area contributed by atoms with Gasteiger partial charge >= 0.3 is 0 Å². The van der Waals surface area contributed by atoms with E-state index in [4.69, 9.17) is 23.1 Å². The number of rotatable bonds is 2. The summed E-state index contributed by atoms with van der Waals surface area (Å²) in [5.74, 6) is -0.0627. The van der Waals surface area contributed by atoms with Gasteiger partial charge in [-0.3, -0.25) is 9.36 Å². The maximum Gasteiger partial charge on any atom is 0.267 e. The van der Waals surface area contributed by atoms with Gasteiger partial charge in [0.1, 0.15) is 17.5 Å². The number of benzene rings is 1. The van der Waals surface area contributed by atoms with Gasteiger partial charge in [-0.05, 0) is 31.2 Å². The summed E-state index contributed by atoms with van der Waals surface area (Å²) >= 11 is 5.95. The summed E-state index contributed by atoms with van der Waals surface area (Å²) in [5.41, 5.74) is 11.7. The molecule has 2 aromatic heterocycles. The van der Waals surface area contributed by atoms with Crippen molar-refractivity contribution >= 4 is 28.3 Å². The molecule has 4 N–H and O–H groups in total. The minimum Gasteiger partial charge on any atom is -0.384 e. The summed E-state index contributed by atoms with van der Waals surface area (Å²) in [7, 11) is 0. The van der Waals surface area contributed by atoms with Gasteiger partial charge < -0.3 is 11.5 Å². The lowest BCUT2D eigenvalue weighted by Gasteiger charge is -2.16. The molecule has 1 atom stereocenters. The van der Waals surface area contributed by atoms with Crippen LogP contribution in [0.4, 0.5) is 10.2 Å². The van der Waals surface area contributed by atoms with Crippen molar-refractivity contribution in [2.45, 2.75) is 13.0 Å². The van der Waals surface area contributed by atoms with Crippen LogP contribution < -0.4 is 17.0 Å². The zero-order valence-corrected chi connectivity index (χ0v) is 12.9. The Balaban J connectivity index is 2.45. The topological polar surface area (TPSA) is 99.8 Å². The van der Waals surface area contributed by atoms with Crippen LogP contribution in [0.2, 0.25) is 5.02 Å². The molecule has 0 aliphatic rings. The van der Waals surface area contributed by atoms with Crippen LogP contribution in [-0.2, 0) is 0 Å². The Kier molecular flexibility index (Phi) is 3.75. The van der Waals surface area contributed by atoms with Crippen molar-refractivity contribution in [1.82, 2.24) is 14.5 Å². The van der Waals surface area contributed by atoms with E-state index in [1.165, 1.54) is 16.8 Å². The molecule has 0 saturated heterocycles. The minimum absolute atomic E-state index is 0.00658. The summed E-state index contributed by atoms with van der Waals surface area (Å²) in [6.45, 7) is 1.69. The van der Waals surface area contributed by atoms with Crippen LogP contribution in [0.3, 0.4) is 0 Å². The summed E-state index contributed by atoms with van der Waals surface area (Å²) in [6.07, 6.45) is 1.42. The number of nitrogen functional groups attached to an aromatic ring is 1. The van der Waals surface area contributed by atoms with E-state index < -0.39 is 17.4 Å². The van der Waals surface area contributed by atoms with Gasteiger partial charge in [-0.15, -0.1) is 0 Å². The van der Waals surface area contributed by atoms with Crippen LogP contribution in [0.5, 0.6) is 0 Å². The zero-order valence-electron chi connectivity index (χ0n) is 12.1. The second-order valence-electron chi connectivity index (χ2n) is 5.10. The number of anilines is 1. The summed E-state index contributed by atoms with van der Waals surface area (Å²) in [5, 5.41) is -0.277. The number of aromatic nitrogens is 3. The van der Waals surface area contributed by atoms with Gasteiger partial charge in [-0.1, -0.05) is 11.6 Å². The van der Waals surface area contributed by atoms with Gasteiger partial charge in [0.25, 0.3) is 5.56 Å². The molecule has 2 heterocycles. The molecule has 0 aliphatic carbocycles. The third-order valence-electron chi connectivity index (χ3n) is 3.39. The molecule has 0 fully saturated rings. The number of nitrogens with two attached hydrogens (primary N) is 2. The Hall–Kier alpha value is -2.51. The molecule has 0 aliphatic heterocycles. The normalized spacial score (nSPS) is 12.5. The summed E-state index contributed by atoms with van der Waals surface area (Å²) < 4.78 is 15.0. The Morgan fingerprint density at radius 3 is 2.65 bits per heavy atom. The Labute approximate surface area is 135 Å². The highest BCUT2D eigenvalue weighted by atomic mass is 35.5. The van der Waals surface area contributed by atoms with E-state index in [1.807, 2.05) is 0 Å². The van der Waals surface area contributed by atoms with E-state index in [1.54, 1.807) is 19.1 Å². The molecule has 0 saturated carbocycles. The molecule has 8 heteroatoms. The molecule has 0 radical (unpaired) electrons. The summed E-state index contributed by atoms with van der Waals surface area (Å²) in [4.78, 5) is 21.2. The van der Waals surface area contributed by atoms with Crippen LogP contribution in [0.15, 0.2) is 35.3 Å². The van der Waals surface area contributed by atoms with E-state index in [0.29, 0.717) is 17.3 Å². The highest BCUT2D eigenvalue weighted by molar-refractivity contribution is 6.35. The maximum atomic E-state index is 13.7. The number of hydrogen-bond acceptors (Lipinski definition) is 5. The van der Waals surface area contributed by atoms with Crippen LogP contribution in [0.1, 0.15) is 18.8 Å². The zero-order chi connectivity index (χ0) is 16.7. The molecule has 3 aromatic rings. The monoisotopic (exact) mass is 333 g/mol. The Morgan fingerprint density at radius 1 is 1.30 bits per heavy atom. The smallest absolute Gasteiger partial charge is 0.267 e. The van der Waals surface area contributed by atoms with Gasteiger partial charge in [0.2, 0.25) is 0 Å². The SMILES string of the molecule is C[C@H](N)c1nc2ccc(F)c(Cl)c2c(=O)n1-c1ccc(N)nc1. The van der Waals surface area contributed by atoms with Crippen molar-refractivity contribution in [1.29, 1.82) is 0 Å². The molecular weight excluding hydrogens is 321 g/mol. The van der Waals surface area contributed by atoms with Crippen molar-refractivity contribution in [3.05, 3.63) is 57.5 Å². The van der Waals surface area contributed by atoms with Gasteiger partial charge in [-0.2, -0.15) is 0 Å². The summed E-state index contributed by atoms with van der Waals surface area (Å²) in [6, 6.07) is 5.18. The van der Waals surface area contributed by atoms with Gasteiger partial charge in [0.15, 0.2) is 0 Å². The first-order valence-electron chi connectivity index (χ1n) is 6.78. The Bertz CT molecular complexity index is 953. The third-order valence-corrected chi connectivity index (χ3v) is 3.76. The standard InChI is InChI=1S/C15H13ClFN5O/c1-7(18)14-21-10-4-3-9(17)13(16)12(10)15(23)22(14)8-2-5-11(19)20-6-8/h2-7H,18H2,1H3,(H2,19,20)/t7-/m0/s1. The van der Waals surface area contributed by atoms with E-state index in [9.17, 15) is 9.18 Å². The first kappa shape index (κ1) is 15.4. The van der Waals surface area contributed by atoms with E-state index in [0.717, 1.165) is 6.07 Å². The first-order chi connectivity index (χ1) is 10.9. The lowest BCUT2D eigenvalue weighted by Crippen LogP contribution is -2.28. The molecule has 0 bridgehead atoms.